The molecule has 3 rings (SSSR count). The molecule has 6 heteroatoms. The number of ether oxygens (including phenoxy) is 2. The van der Waals surface area contributed by atoms with Crippen molar-refractivity contribution in [3.8, 4) is 5.75 Å². The van der Waals surface area contributed by atoms with Crippen LogP contribution in [0.5, 0.6) is 5.75 Å². The van der Waals surface area contributed by atoms with Crippen molar-refractivity contribution in [3.05, 3.63) is 70.8 Å². The standard InChI is InChI=1S/C30H36N2O4/c1-19-16-21(17-20(2)26(19)35-30(6,7)28(34)36-29(3,4)5)14-15-25(33)23-18-22-12-10-11-13-24(22)31-27(23)32(8)9/h10-18H,1-9H3/b15-14+. The summed E-state index contributed by atoms with van der Waals surface area (Å²) in [6.45, 7) is 12.7. The van der Waals surface area contributed by atoms with Gasteiger partial charge in [-0.3, -0.25) is 4.79 Å². The van der Waals surface area contributed by atoms with E-state index in [1.54, 1.807) is 26.0 Å². The third-order valence-electron chi connectivity index (χ3n) is 5.55. The summed E-state index contributed by atoms with van der Waals surface area (Å²) in [4.78, 5) is 32.3. The molecule has 1 heterocycles. The first-order valence-corrected chi connectivity index (χ1v) is 12.0. The Bertz CT molecular complexity index is 1310. The Morgan fingerprint density at radius 2 is 1.56 bits per heavy atom. The fourth-order valence-corrected chi connectivity index (χ4v) is 3.83. The number of anilines is 1. The summed E-state index contributed by atoms with van der Waals surface area (Å²) in [7, 11) is 3.75. The van der Waals surface area contributed by atoms with E-state index in [0.717, 1.165) is 27.6 Å². The number of ketones is 1. The number of allylic oxidation sites excluding steroid dienone is 1. The average Bonchev–Trinajstić information content (AvgIpc) is 2.77. The number of aromatic nitrogens is 1. The van der Waals surface area contributed by atoms with Gasteiger partial charge in [0.25, 0.3) is 0 Å². The van der Waals surface area contributed by atoms with E-state index in [1.165, 1.54) is 0 Å². The third-order valence-corrected chi connectivity index (χ3v) is 5.55. The number of benzene rings is 2. The van der Waals surface area contributed by atoms with Crippen LogP contribution < -0.4 is 9.64 Å². The molecule has 3 aromatic rings. The number of hydrogen-bond donors (Lipinski definition) is 0. The molecular formula is C30H36N2O4. The second-order valence-corrected chi connectivity index (χ2v) is 10.7. The lowest BCUT2D eigenvalue weighted by Gasteiger charge is -2.30. The summed E-state index contributed by atoms with van der Waals surface area (Å²) < 4.78 is 11.6. The molecule has 190 valence electrons. The topological polar surface area (TPSA) is 68.7 Å². The summed E-state index contributed by atoms with van der Waals surface area (Å²) in [5.41, 5.74) is 2.22. The Balaban J connectivity index is 1.86. The summed E-state index contributed by atoms with van der Waals surface area (Å²) in [5, 5.41) is 0.917. The van der Waals surface area contributed by atoms with Gasteiger partial charge in [0.1, 0.15) is 17.2 Å². The van der Waals surface area contributed by atoms with Crippen LogP contribution in [0.2, 0.25) is 0 Å². The molecule has 0 aliphatic heterocycles. The minimum absolute atomic E-state index is 0.126. The van der Waals surface area contributed by atoms with Gasteiger partial charge in [0.15, 0.2) is 11.4 Å². The van der Waals surface area contributed by atoms with Crippen LogP contribution >= 0.6 is 0 Å². The zero-order valence-electron chi connectivity index (χ0n) is 22.7. The van der Waals surface area contributed by atoms with E-state index in [9.17, 15) is 9.59 Å². The average molecular weight is 489 g/mol. The highest BCUT2D eigenvalue weighted by Gasteiger charge is 2.35. The summed E-state index contributed by atoms with van der Waals surface area (Å²) in [6.07, 6.45) is 3.36. The molecule has 0 atom stereocenters. The summed E-state index contributed by atoms with van der Waals surface area (Å²) in [5.74, 6) is 0.703. The van der Waals surface area contributed by atoms with Crippen LogP contribution in [-0.2, 0) is 9.53 Å². The maximum absolute atomic E-state index is 13.2. The maximum Gasteiger partial charge on any atom is 0.350 e. The molecule has 0 amide bonds. The van der Waals surface area contributed by atoms with Crippen molar-refractivity contribution < 1.29 is 19.1 Å². The number of nitrogens with zero attached hydrogens (tertiary/aromatic N) is 2. The largest absolute Gasteiger partial charge is 0.476 e. The Morgan fingerprint density at radius 3 is 2.14 bits per heavy atom. The second-order valence-electron chi connectivity index (χ2n) is 10.7. The molecule has 0 bridgehead atoms. The first kappa shape index (κ1) is 26.9. The van der Waals surface area contributed by atoms with E-state index in [1.807, 2.05) is 96.1 Å². The molecule has 2 aromatic carbocycles. The lowest BCUT2D eigenvalue weighted by Crippen LogP contribution is -2.43. The minimum Gasteiger partial charge on any atom is -0.476 e. The van der Waals surface area contributed by atoms with Crippen molar-refractivity contribution in [3.63, 3.8) is 0 Å². The molecule has 0 saturated carbocycles. The Hall–Kier alpha value is -3.67. The van der Waals surface area contributed by atoms with Crippen molar-refractivity contribution in [2.75, 3.05) is 19.0 Å². The predicted molar refractivity (Wildman–Crippen MR) is 146 cm³/mol. The van der Waals surface area contributed by atoms with Gasteiger partial charge in [-0.1, -0.05) is 24.3 Å². The first-order chi connectivity index (χ1) is 16.7. The predicted octanol–water partition coefficient (Wildman–Crippen LogP) is 6.31. The number of esters is 1. The van der Waals surface area contributed by atoms with Crippen LogP contribution in [0.4, 0.5) is 5.82 Å². The van der Waals surface area contributed by atoms with Gasteiger partial charge in [0.2, 0.25) is 0 Å². The van der Waals surface area contributed by atoms with E-state index >= 15 is 0 Å². The van der Waals surface area contributed by atoms with E-state index < -0.39 is 17.2 Å². The van der Waals surface area contributed by atoms with Crippen molar-refractivity contribution in [1.29, 1.82) is 0 Å². The summed E-state index contributed by atoms with van der Waals surface area (Å²) in [6, 6.07) is 13.5. The molecule has 36 heavy (non-hydrogen) atoms. The molecule has 0 radical (unpaired) electrons. The number of pyridine rings is 1. The number of fused-ring (bicyclic) bond motifs is 1. The van der Waals surface area contributed by atoms with Crippen molar-refractivity contribution >= 4 is 34.5 Å². The lowest BCUT2D eigenvalue weighted by molar-refractivity contribution is -0.171. The zero-order valence-corrected chi connectivity index (χ0v) is 22.7. The number of carbonyl (C=O) groups excluding carboxylic acids is 2. The molecule has 0 aliphatic rings. The fraction of sp³-hybridized carbons (Fsp3) is 0.367. The molecule has 0 aliphatic carbocycles. The van der Waals surface area contributed by atoms with Crippen LogP contribution in [0.15, 0.2) is 48.5 Å². The second kappa shape index (κ2) is 10.1. The first-order valence-electron chi connectivity index (χ1n) is 12.0. The fourth-order valence-electron chi connectivity index (χ4n) is 3.83. The zero-order chi connectivity index (χ0) is 26.8. The van der Waals surface area contributed by atoms with Crippen molar-refractivity contribution in [1.82, 2.24) is 4.98 Å². The molecule has 0 N–H and O–H groups in total. The number of para-hydroxylation sites is 1. The molecule has 0 saturated heterocycles. The third kappa shape index (κ3) is 6.30. The van der Waals surface area contributed by atoms with Gasteiger partial charge in [-0.05, 0) is 95.5 Å². The van der Waals surface area contributed by atoms with E-state index in [4.69, 9.17) is 9.47 Å². The lowest BCUT2D eigenvalue weighted by atomic mass is 10.0. The Kier molecular flexibility index (Phi) is 7.58. The molecule has 0 spiro atoms. The quantitative estimate of drug-likeness (QED) is 0.220. The van der Waals surface area contributed by atoms with E-state index in [2.05, 4.69) is 4.98 Å². The normalized spacial score (nSPS) is 12.1. The summed E-state index contributed by atoms with van der Waals surface area (Å²) >= 11 is 0. The monoisotopic (exact) mass is 488 g/mol. The van der Waals surface area contributed by atoms with Gasteiger partial charge in [-0.25, -0.2) is 9.78 Å². The van der Waals surface area contributed by atoms with Crippen molar-refractivity contribution in [2.45, 2.75) is 59.7 Å². The van der Waals surface area contributed by atoms with Gasteiger partial charge in [0, 0.05) is 19.5 Å². The van der Waals surface area contributed by atoms with Crippen LogP contribution in [0, 0.1) is 13.8 Å². The highest BCUT2D eigenvalue weighted by Crippen LogP contribution is 2.30. The Labute approximate surface area is 213 Å². The molecular weight excluding hydrogens is 452 g/mol. The molecule has 1 aromatic heterocycles. The Morgan fingerprint density at radius 1 is 0.944 bits per heavy atom. The van der Waals surface area contributed by atoms with Crippen LogP contribution in [0.3, 0.4) is 0 Å². The maximum atomic E-state index is 13.2. The van der Waals surface area contributed by atoms with Gasteiger partial charge in [0.05, 0.1) is 11.1 Å². The highest BCUT2D eigenvalue weighted by atomic mass is 16.6. The van der Waals surface area contributed by atoms with Gasteiger partial charge >= 0.3 is 5.97 Å². The van der Waals surface area contributed by atoms with E-state index in [0.29, 0.717) is 17.1 Å². The van der Waals surface area contributed by atoms with Gasteiger partial charge in [-0.2, -0.15) is 0 Å². The highest BCUT2D eigenvalue weighted by molar-refractivity contribution is 6.11. The number of hydrogen-bond acceptors (Lipinski definition) is 6. The van der Waals surface area contributed by atoms with E-state index in [-0.39, 0.29) is 5.78 Å². The van der Waals surface area contributed by atoms with Gasteiger partial charge < -0.3 is 14.4 Å². The van der Waals surface area contributed by atoms with Crippen LogP contribution in [0.25, 0.3) is 17.0 Å². The van der Waals surface area contributed by atoms with Crippen molar-refractivity contribution in [2.24, 2.45) is 0 Å². The minimum atomic E-state index is -1.15. The number of carbonyl (C=O) groups is 2. The number of rotatable bonds is 7. The number of aryl methyl sites for hydroxylation is 2. The molecule has 6 nitrogen and oxygen atoms in total. The smallest absolute Gasteiger partial charge is 0.350 e. The molecule has 0 fully saturated rings. The molecule has 0 unspecified atom stereocenters. The van der Waals surface area contributed by atoms with Crippen LogP contribution in [-0.4, -0.2) is 42.0 Å². The van der Waals surface area contributed by atoms with Crippen LogP contribution in [0.1, 0.15) is 61.7 Å². The van der Waals surface area contributed by atoms with Gasteiger partial charge in [-0.15, -0.1) is 0 Å². The SMILES string of the molecule is Cc1cc(/C=C/C(=O)c2cc3ccccc3nc2N(C)C)cc(C)c1OC(C)(C)C(=O)OC(C)(C)C.